The second-order valence-corrected chi connectivity index (χ2v) is 7.22. The summed E-state index contributed by atoms with van der Waals surface area (Å²) in [5, 5.41) is 5.17. The number of aliphatic imine (C=N–C) groups is 1. The van der Waals surface area contributed by atoms with Crippen LogP contribution >= 0.6 is 11.8 Å². The van der Waals surface area contributed by atoms with Crippen molar-refractivity contribution in [3.05, 3.63) is 35.9 Å². The van der Waals surface area contributed by atoms with Crippen molar-refractivity contribution in [1.82, 2.24) is 5.32 Å². The molecular weight excluding hydrogens is 264 g/mol. The molecule has 0 spiro atoms. The SMILES string of the molecule is CC(C)CCCC(C)NC1=NCC(c2ccccc2)S1. The van der Waals surface area contributed by atoms with Gasteiger partial charge in [0, 0.05) is 6.04 Å². The van der Waals surface area contributed by atoms with Crippen molar-refractivity contribution in [1.29, 1.82) is 0 Å². The van der Waals surface area contributed by atoms with E-state index in [9.17, 15) is 0 Å². The third-order valence-electron chi connectivity index (χ3n) is 3.61. The number of benzene rings is 1. The minimum Gasteiger partial charge on any atom is -0.362 e. The van der Waals surface area contributed by atoms with E-state index in [0.29, 0.717) is 11.3 Å². The molecule has 1 heterocycles. The van der Waals surface area contributed by atoms with Gasteiger partial charge in [-0.1, -0.05) is 68.8 Å². The summed E-state index contributed by atoms with van der Waals surface area (Å²) in [6.07, 6.45) is 3.85. The minimum atomic E-state index is 0.488. The van der Waals surface area contributed by atoms with Gasteiger partial charge < -0.3 is 5.32 Å². The Morgan fingerprint density at radius 1 is 1.20 bits per heavy atom. The first-order chi connectivity index (χ1) is 9.65. The van der Waals surface area contributed by atoms with Gasteiger partial charge in [-0.2, -0.15) is 0 Å². The molecule has 0 radical (unpaired) electrons. The number of hydrogen-bond donors (Lipinski definition) is 1. The number of nitrogens with zero attached hydrogens (tertiary/aromatic N) is 1. The van der Waals surface area contributed by atoms with E-state index in [1.807, 2.05) is 11.8 Å². The Balaban J connectivity index is 1.73. The lowest BCUT2D eigenvalue weighted by Gasteiger charge is -2.16. The standard InChI is InChI=1S/C17H26N2S/c1-13(2)8-7-9-14(3)19-17-18-12-16(20-17)15-10-5-4-6-11-15/h4-6,10-11,13-14,16H,7-9,12H2,1-3H3,(H,18,19). The molecule has 0 aromatic heterocycles. The lowest BCUT2D eigenvalue weighted by molar-refractivity contribution is 0.495. The van der Waals surface area contributed by atoms with Gasteiger partial charge in [0.05, 0.1) is 11.8 Å². The number of hydrogen-bond acceptors (Lipinski definition) is 3. The number of thioether (sulfide) groups is 1. The van der Waals surface area contributed by atoms with E-state index in [0.717, 1.165) is 17.6 Å². The summed E-state index contributed by atoms with van der Waals surface area (Å²) in [7, 11) is 0. The number of rotatable bonds is 6. The third-order valence-corrected chi connectivity index (χ3v) is 4.79. The molecule has 20 heavy (non-hydrogen) atoms. The molecule has 0 fully saturated rings. The molecule has 1 N–H and O–H groups in total. The molecule has 3 heteroatoms. The molecule has 2 atom stereocenters. The molecule has 2 rings (SSSR count). The Kier molecular flexibility index (Phi) is 5.96. The van der Waals surface area contributed by atoms with Crippen molar-refractivity contribution in [2.24, 2.45) is 10.9 Å². The van der Waals surface area contributed by atoms with Gasteiger partial charge in [-0.3, -0.25) is 4.99 Å². The van der Waals surface area contributed by atoms with Crippen molar-refractivity contribution < 1.29 is 0 Å². The highest BCUT2D eigenvalue weighted by Gasteiger charge is 2.21. The zero-order valence-electron chi connectivity index (χ0n) is 12.8. The lowest BCUT2D eigenvalue weighted by atomic mass is 10.0. The van der Waals surface area contributed by atoms with Crippen molar-refractivity contribution in [3.63, 3.8) is 0 Å². The molecule has 0 amide bonds. The molecular formula is C17H26N2S. The summed E-state index contributed by atoms with van der Waals surface area (Å²) < 4.78 is 0. The second kappa shape index (κ2) is 7.72. The van der Waals surface area contributed by atoms with Crippen LogP contribution in [0.3, 0.4) is 0 Å². The predicted molar refractivity (Wildman–Crippen MR) is 90.4 cm³/mol. The van der Waals surface area contributed by atoms with Gasteiger partial charge in [-0.15, -0.1) is 0 Å². The molecule has 0 bridgehead atoms. The van der Waals surface area contributed by atoms with E-state index in [4.69, 9.17) is 0 Å². The first-order valence-electron chi connectivity index (χ1n) is 7.67. The molecule has 1 aromatic rings. The number of nitrogens with one attached hydrogen (secondary N) is 1. The van der Waals surface area contributed by atoms with Crippen LogP contribution in [0, 0.1) is 5.92 Å². The lowest BCUT2D eigenvalue weighted by Crippen LogP contribution is -2.29. The van der Waals surface area contributed by atoms with Crippen molar-refractivity contribution in [2.75, 3.05) is 6.54 Å². The van der Waals surface area contributed by atoms with Crippen molar-refractivity contribution >= 4 is 16.9 Å². The fourth-order valence-electron chi connectivity index (χ4n) is 2.41. The van der Waals surface area contributed by atoms with E-state index >= 15 is 0 Å². The summed E-state index contributed by atoms with van der Waals surface area (Å²) >= 11 is 1.87. The van der Waals surface area contributed by atoms with Crippen molar-refractivity contribution in [2.45, 2.75) is 51.3 Å². The van der Waals surface area contributed by atoms with Crippen LogP contribution in [-0.4, -0.2) is 17.8 Å². The predicted octanol–water partition coefficient (Wildman–Crippen LogP) is 4.63. The highest BCUT2D eigenvalue weighted by atomic mass is 32.2. The quantitative estimate of drug-likeness (QED) is 0.825. The number of amidine groups is 1. The van der Waals surface area contributed by atoms with Crippen LogP contribution in [-0.2, 0) is 0 Å². The van der Waals surface area contributed by atoms with Gasteiger partial charge in [0.2, 0.25) is 0 Å². The monoisotopic (exact) mass is 290 g/mol. The van der Waals surface area contributed by atoms with E-state index < -0.39 is 0 Å². The molecule has 1 aromatic carbocycles. The normalized spacial score (nSPS) is 20.0. The third kappa shape index (κ3) is 4.86. The maximum Gasteiger partial charge on any atom is 0.157 e. The van der Waals surface area contributed by atoms with Crippen LogP contribution < -0.4 is 5.32 Å². The Bertz CT molecular complexity index is 428. The first-order valence-corrected chi connectivity index (χ1v) is 8.55. The smallest absolute Gasteiger partial charge is 0.157 e. The Morgan fingerprint density at radius 3 is 2.65 bits per heavy atom. The van der Waals surface area contributed by atoms with E-state index in [1.54, 1.807) is 0 Å². The molecule has 1 aliphatic heterocycles. The summed E-state index contributed by atoms with van der Waals surface area (Å²) in [5.41, 5.74) is 1.38. The van der Waals surface area contributed by atoms with Crippen LogP contribution in [0.4, 0.5) is 0 Å². The van der Waals surface area contributed by atoms with E-state index in [1.165, 1.54) is 24.8 Å². The fourth-order valence-corrected chi connectivity index (χ4v) is 3.54. The Labute approximate surface area is 127 Å². The fraction of sp³-hybridized carbons (Fsp3) is 0.588. The first kappa shape index (κ1) is 15.4. The highest BCUT2D eigenvalue weighted by Crippen LogP contribution is 2.34. The van der Waals surface area contributed by atoms with Gasteiger partial charge in [0.1, 0.15) is 0 Å². The summed E-state index contributed by atoms with van der Waals surface area (Å²) in [4.78, 5) is 4.65. The molecule has 0 saturated carbocycles. The average Bonchev–Trinajstić information content (AvgIpc) is 2.88. The minimum absolute atomic E-state index is 0.488. The summed E-state index contributed by atoms with van der Waals surface area (Å²) in [6.45, 7) is 7.74. The highest BCUT2D eigenvalue weighted by molar-refractivity contribution is 8.14. The summed E-state index contributed by atoms with van der Waals surface area (Å²) in [6, 6.07) is 11.2. The molecule has 0 saturated heterocycles. The van der Waals surface area contributed by atoms with E-state index in [2.05, 4.69) is 61.4 Å². The van der Waals surface area contributed by atoms with Crippen LogP contribution in [0.25, 0.3) is 0 Å². The largest absolute Gasteiger partial charge is 0.362 e. The zero-order chi connectivity index (χ0) is 14.4. The topological polar surface area (TPSA) is 24.4 Å². The second-order valence-electron chi connectivity index (χ2n) is 6.03. The molecule has 0 aliphatic carbocycles. The van der Waals surface area contributed by atoms with Crippen LogP contribution in [0.5, 0.6) is 0 Å². The molecule has 2 unspecified atom stereocenters. The van der Waals surface area contributed by atoms with Gasteiger partial charge in [0.15, 0.2) is 5.17 Å². The van der Waals surface area contributed by atoms with Gasteiger partial charge in [-0.25, -0.2) is 0 Å². The zero-order valence-corrected chi connectivity index (χ0v) is 13.6. The maximum absolute atomic E-state index is 4.65. The Morgan fingerprint density at radius 2 is 1.95 bits per heavy atom. The molecule has 110 valence electrons. The van der Waals surface area contributed by atoms with Gasteiger partial charge in [0.25, 0.3) is 0 Å². The average molecular weight is 290 g/mol. The maximum atomic E-state index is 4.65. The van der Waals surface area contributed by atoms with Crippen LogP contribution in [0.2, 0.25) is 0 Å². The van der Waals surface area contributed by atoms with Crippen LogP contribution in [0.15, 0.2) is 35.3 Å². The van der Waals surface area contributed by atoms with Crippen molar-refractivity contribution in [3.8, 4) is 0 Å². The summed E-state index contributed by atoms with van der Waals surface area (Å²) in [5.74, 6) is 0.808. The van der Waals surface area contributed by atoms with Crippen LogP contribution in [0.1, 0.15) is 50.8 Å². The molecule has 2 nitrogen and oxygen atoms in total. The molecule has 1 aliphatic rings. The van der Waals surface area contributed by atoms with Gasteiger partial charge in [-0.05, 0) is 24.8 Å². The Hall–Kier alpha value is -0.960. The van der Waals surface area contributed by atoms with E-state index in [-0.39, 0.29) is 0 Å². The van der Waals surface area contributed by atoms with Gasteiger partial charge >= 0.3 is 0 Å².